The van der Waals surface area contributed by atoms with E-state index in [0.717, 1.165) is 0 Å². The summed E-state index contributed by atoms with van der Waals surface area (Å²) in [7, 11) is 0. The van der Waals surface area contributed by atoms with E-state index < -0.39 is 36.4 Å². The maximum atomic E-state index is 10.3. The first-order valence-electron chi connectivity index (χ1n) is 3.17. The summed E-state index contributed by atoms with van der Waals surface area (Å²) in [5, 5.41) is 33.8. The second-order valence-corrected chi connectivity index (χ2v) is 2.48. The molecule has 0 saturated heterocycles. The second-order valence-electron chi connectivity index (χ2n) is 2.48. The number of carboxylic acids is 3. The molecule has 90 valence electrons. The molecular formula is C6H9ClFeO7. The van der Waals surface area contributed by atoms with Crippen molar-refractivity contribution < 1.29 is 51.9 Å². The predicted molar refractivity (Wildman–Crippen MR) is 44.3 cm³/mol. The van der Waals surface area contributed by atoms with Crippen molar-refractivity contribution in [1.82, 2.24) is 0 Å². The fraction of sp³-hybridized carbons (Fsp3) is 0.500. The van der Waals surface area contributed by atoms with E-state index >= 15 is 0 Å². The van der Waals surface area contributed by atoms with Crippen LogP contribution in [0, 0.1) is 0 Å². The molecule has 0 aromatic rings. The zero-order chi connectivity index (χ0) is 10.6. The van der Waals surface area contributed by atoms with Gasteiger partial charge in [0.2, 0.25) is 0 Å². The van der Waals surface area contributed by atoms with Gasteiger partial charge in [-0.1, -0.05) is 0 Å². The van der Waals surface area contributed by atoms with Gasteiger partial charge >= 0.3 is 17.9 Å². The van der Waals surface area contributed by atoms with E-state index in [0.29, 0.717) is 0 Å². The van der Waals surface area contributed by atoms with Gasteiger partial charge in [-0.2, -0.15) is 0 Å². The first-order valence-corrected chi connectivity index (χ1v) is 3.17. The molecule has 0 aromatic heterocycles. The van der Waals surface area contributed by atoms with Crippen molar-refractivity contribution in [2.24, 2.45) is 0 Å². The van der Waals surface area contributed by atoms with Crippen LogP contribution in [0.25, 0.3) is 0 Å². The van der Waals surface area contributed by atoms with Crippen LogP contribution in [0.2, 0.25) is 0 Å². The van der Waals surface area contributed by atoms with Crippen LogP contribution >= 0.6 is 12.4 Å². The Labute approximate surface area is 101 Å². The molecule has 0 rings (SSSR count). The smallest absolute Gasteiger partial charge is 0.336 e. The van der Waals surface area contributed by atoms with E-state index in [1.807, 2.05) is 0 Å². The van der Waals surface area contributed by atoms with Crippen molar-refractivity contribution in [2.45, 2.75) is 18.4 Å². The van der Waals surface area contributed by atoms with Crippen molar-refractivity contribution in [3.63, 3.8) is 0 Å². The molecule has 0 radical (unpaired) electrons. The zero-order valence-electron chi connectivity index (χ0n) is 7.19. The normalized spacial score (nSPS) is 9.40. The third-order valence-electron chi connectivity index (χ3n) is 1.29. The van der Waals surface area contributed by atoms with Crippen molar-refractivity contribution in [3.8, 4) is 0 Å². The molecular weight excluding hydrogens is 275 g/mol. The van der Waals surface area contributed by atoms with Gasteiger partial charge in [-0.3, -0.25) is 9.59 Å². The van der Waals surface area contributed by atoms with Gasteiger partial charge in [-0.15, -0.1) is 12.4 Å². The number of rotatable bonds is 5. The molecule has 15 heavy (non-hydrogen) atoms. The molecule has 0 aliphatic rings. The molecule has 0 bridgehead atoms. The Kier molecular flexibility index (Phi) is 9.81. The number of aliphatic hydroxyl groups is 1. The summed E-state index contributed by atoms with van der Waals surface area (Å²) < 4.78 is 0. The second kappa shape index (κ2) is 7.47. The Morgan fingerprint density at radius 1 is 0.933 bits per heavy atom. The summed E-state index contributed by atoms with van der Waals surface area (Å²) in [6.07, 6.45) is -2.29. The van der Waals surface area contributed by atoms with Gasteiger partial charge in [0.1, 0.15) is 0 Å². The van der Waals surface area contributed by atoms with Crippen LogP contribution in [0.5, 0.6) is 0 Å². The number of halogens is 1. The molecule has 0 amide bonds. The molecule has 9 heteroatoms. The molecule has 0 fully saturated rings. The molecule has 7 nitrogen and oxygen atoms in total. The van der Waals surface area contributed by atoms with E-state index in [-0.39, 0.29) is 29.5 Å². The number of carbonyl (C=O) groups is 3. The SMILES string of the molecule is Cl.O=C(O)CC(O)(CC(=O)O)C(=O)O.[Fe]. The van der Waals surface area contributed by atoms with Crippen molar-refractivity contribution in [2.75, 3.05) is 0 Å². The molecule has 0 heterocycles. The first kappa shape index (κ1) is 19.7. The molecule has 0 aromatic carbocycles. The summed E-state index contributed by atoms with van der Waals surface area (Å²) in [5.74, 6) is -5.02. The van der Waals surface area contributed by atoms with Gasteiger partial charge < -0.3 is 20.4 Å². The molecule has 0 aliphatic heterocycles. The number of aliphatic carboxylic acids is 3. The summed E-state index contributed by atoms with van der Waals surface area (Å²) in [4.78, 5) is 30.5. The standard InChI is InChI=1S/C6H8O7.ClH.Fe/c7-3(8)1-6(13,5(11)12)2-4(9)10;;/h13H,1-2H2,(H,7,8)(H,9,10)(H,11,12);1H;. The Morgan fingerprint density at radius 2 is 1.20 bits per heavy atom. The molecule has 0 atom stereocenters. The molecule has 0 saturated carbocycles. The predicted octanol–water partition coefficient (Wildman–Crippen LogP) is -0.829. The number of hydrogen-bond donors (Lipinski definition) is 4. The van der Waals surface area contributed by atoms with Gasteiger partial charge in [-0.05, 0) is 0 Å². The summed E-state index contributed by atoms with van der Waals surface area (Å²) in [5.41, 5.74) is -2.74. The minimum absolute atomic E-state index is 0. The average molecular weight is 284 g/mol. The van der Waals surface area contributed by atoms with Gasteiger partial charge in [0, 0.05) is 17.1 Å². The van der Waals surface area contributed by atoms with E-state index in [4.69, 9.17) is 20.4 Å². The van der Waals surface area contributed by atoms with Crippen LogP contribution in [0.3, 0.4) is 0 Å². The third kappa shape index (κ3) is 7.15. The van der Waals surface area contributed by atoms with Crippen molar-refractivity contribution in [3.05, 3.63) is 0 Å². The molecule has 0 unspecified atom stereocenters. The van der Waals surface area contributed by atoms with Crippen molar-refractivity contribution in [1.29, 1.82) is 0 Å². The third-order valence-corrected chi connectivity index (χ3v) is 1.29. The van der Waals surface area contributed by atoms with Gasteiger partial charge in [0.15, 0.2) is 5.60 Å². The van der Waals surface area contributed by atoms with Crippen LogP contribution in [-0.2, 0) is 31.5 Å². The van der Waals surface area contributed by atoms with Crippen LogP contribution < -0.4 is 0 Å². The largest absolute Gasteiger partial charge is 0.481 e. The Bertz CT molecular complexity index is 238. The van der Waals surface area contributed by atoms with E-state index in [1.165, 1.54) is 0 Å². The van der Waals surface area contributed by atoms with Crippen LogP contribution in [0.1, 0.15) is 12.8 Å². The first-order chi connectivity index (χ1) is 5.78. The zero-order valence-corrected chi connectivity index (χ0v) is 9.11. The van der Waals surface area contributed by atoms with Gasteiger partial charge in [0.05, 0.1) is 12.8 Å². The Balaban J connectivity index is -0.000000720. The van der Waals surface area contributed by atoms with E-state index in [1.54, 1.807) is 0 Å². The van der Waals surface area contributed by atoms with Gasteiger partial charge in [-0.25, -0.2) is 4.79 Å². The quantitative estimate of drug-likeness (QED) is 0.484. The number of carboxylic acid groups (broad SMARTS) is 3. The van der Waals surface area contributed by atoms with Crippen molar-refractivity contribution >= 4 is 30.3 Å². The van der Waals surface area contributed by atoms with Gasteiger partial charge in [0.25, 0.3) is 0 Å². The molecule has 0 aliphatic carbocycles. The van der Waals surface area contributed by atoms with E-state index in [9.17, 15) is 14.4 Å². The van der Waals surface area contributed by atoms with Crippen LogP contribution in [0.4, 0.5) is 0 Å². The van der Waals surface area contributed by atoms with Crippen LogP contribution in [0.15, 0.2) is 0 Å². The minimum atomic E-state index is -2.74. The Hall–Kier alpha value is -0.821. The van der Waals surface area contributed by atoms with E-state index in [2.05, 4.69) is 0 Å². The summed E-state index contributed by atoms with van der Waals surface area (Å²) in [6.45, 7) is 0. The summed E-state index contributed by atoms with van der Waals surface area (Å²) >= 11 is 0. The topological polar surface area (TPSA) is 132 Å². The average Bonchev–Trinajstić information content (AvgIpc) is 1.82. The molecule has 4 N–H and O–H groups in total. The minimum Gasteiger partial charge on any atom is -0.481 e. The Morgan fingerprint density at radius 3 is 1.33 bits per heavy atom. The maximum absolute atomic E-state index is 10.3. The summed E-state index contributed by atoms with van der Waals surface area (Å²) in [6, 6.07) is 0. The fourth-order valence-corrected chi connectivity index (χ4v) is 0.714. The monoisotopic (exact) mass is 284 g/mol. The number of hydrogen-bond acceptors (Lipinski definition) is 4. The van der Waals surface area contributed by atoms with Crippen LogP contribution in [-0.4, -0.2) is 43.9 Å². The molecule has 0 spiro atoms. The maximum Gasteiger partial charge on any atom is 0.336 e. The fourth-order valence-electron chi connectivity index (χ4n) is 0.714.